The van der Waals surface area contributed by atoms with Gasteiger partial charge in [-0.05, 0) is 99.4 Å². The number of rotatable bonds is 10. The number of hydrogen-bond donors (Lipinski definition) is 3. The molecule has 41 heavy (non-hydrogen) atoms. The molecule has 0 aliphatic rings. The normalized spacial score (nSPS) is 16.1. The van der Waals surface area contributed by atoms with E-state index in [9.17, 15) is 18.0 Å². The fourth-order valence-electron chi connectivity index (χ4n) is 2.93. The van der Waals surface area contributed by atoms with Gasteiger partial charge < -0.3 is 15.3 Å². The van der Waals surface area contributed by atoms with Gasteiger partial charge in [-0.15, -0.1) is 22.7 Å². The van der Waals surface area contributed by atoms with Gasteiger partial charge in [0, 0.05) is 33.9 Å². The zero-order valence-corrected chi connectivity index (χ0v) is 31.5. The number of carbonyl (C=O) groups excluding carboxylic acids is 1. The second-order valence-corrected chi connectivity index (χ2v) is 18.8. The Labute approximate surface area is 289 Å². The zero-order chi connectivity index (χ0) is 32.4. The molecule has 0 saturated heterocycles. The summed E-state index contributed by atoms with van der Waals surface area (Å²) in [5.41, 5.74) is -1.57. The number of thiophene rings is 2. The van der Waals surface area contributed by atoms with E-state index in [4.69, 9.17) is 12.8 Å². The number of nitrogens with one attached hydrogen (secondary N) is 2. The molecule has 0 aliphatic heterocycles. The summed E-state index contributed by atoms with van der Waals surface area (Å²) in [4.78, 5) is 24.5. The van der Waals surface area contributed by atoms with E-state index in [0.717, 1.165) is 18.7 Å². The van der Waals surface area contributed by atoms with Crippen LogP contribution in [0.4, 0.5) is 0 Å². The summed E-state index contributed by atoms with van der Waals surface area (Å²) in [6.45, 7) is 14.8. The van der Waals surface area contributed by atoms with Crippen molar-refractivity contribution in [2.75, 3.05) is 7.11 Å². The molecule has 2 heterocycles. The maximum Gasteiger partial charge on any atom is 1.00 e. The third kappa shape index (κ3) is 14.2. The molecule has 0 fully saturated rings. The fraction of sp³-hybridized carbons (Fsp3) is 0.600. The van der Waals surface area contributed by atoms with Crippen LogP contribution in [0.25, 0.3) is 0 Å². The quantitative estimate of drug-likeness (QED) is 0.245. The Bertz CT molecular complexity index is 1210. The van der Waals surface area contributed by atoms with Gasteiger partial charge in [0.2, 0.25) is 0 Å². The smallest absolute Gasteiger partial charge is 0.870 e. The predicted molar refractivity (Wildman–Crippen MR) is 176 cm³/mol. The summed E-state index contributed by atoms with van der Waals surface area (Å²) < 4.78 is 46.4. The number of carboxylic acids is 1. The van der Waals surface area contributed by atoms with Crippen molar-refractivity contribution in [3.8, 4) is 0 Å². The molecule has 0 aliphatic carbocycles. The monoisotopic (exact) mass is 778 g/mol. The summed E-state index contributed by atoms with van der Waals surface area (Å²) in [6.07, 6.45) is 0.0000463. The molecule has 0 saturated carbocycles. The van der Waals surface area contributed by atoms with Crippen molar-refractivity contribution in [3.63, 3.8) is 0 Å². The maximum atomic E-state index is 12.4. The number of aliphatic carboxylic acids is 1. The predicted octanol–water partition coefficient (Wildman–Crippen LogP) is 3.91. The van der Waals surface area contributed by atoms with E-state index >= 15 is 0 Å². The Morgan fingerprint density at radius 1 is 0.902 bits per heavy atom. The molecule has 2 rings (SSSR count). The number of hydrogen-bond acceptors (Lipinski definition) is 8. The molecule has 2 aromatic heterocycles. The van der Waals surface area contributed by atoms with Gasteiger partial charge in [-0.3, -0.25) is 9.59 Å². The molecular weight excluding hydrogens is 735 g/mol. The molecule has 234 valence electrons. The van der Waals surface area contributed by atoms with Crippen molar-refractivity contribution in [1.82, 2.24) is 9.44 Å². The van der Waals surface area contributed by atoms with Gasteiger partial charge in [-0.1, -0.05) is 0 Å². The Morgan fingerprint density at radius 2 is 1.24 bits per heavy atom. The van der Waals surface area contributed by atoms with Crippen LogP contribution in [0.2, 0.25) is 0 Å². The van der Waals surface area contributed by atoms with Crippen LogP contribution in [0.1, 0.15) is 82.4 Å². The second-order valence-electron chi connectivity index (χ2n) is 11.2. The van der Waals surface area contributed by atoms with Crippen LogP contribution in [0.15, 0.2) is 31.8 Å². The minimum Gasteiger partial charge on any atom is -0.870 e. The van der Waals surface area contributed by atoms with Gasteiger partial charge in [0.1, 0.15) is 0 Å². The number of halogens is 2. The first kappa shape index (κ1) is 41.1. The van der Waals surface area contributed by atoms with Crippen molar-refractivity contribution in [2.24, 2.45) is 0 Å². The van der Waals surface area contributed by atoms with Gasteiger partial charge >= 0.3 is 30.8 Å². The van der Waals surface area contributed by atoms with Gasteiger partial charge in [0.25, 0.3) is 0 Å². The SMILES string of the molecule is CC(C)(C)S(=O)N[C@@](C)(CC(=O)O)c1cc(Br)cs1.COC(=O)C[C@](C)(NS(=O)C(C)(C)C)c1cc(Br)cs1.[2H][2H].[HH].[Li+].[OH-]. The largest absolute Gasteiger partial charge is 1.00 e. The third-order valence-electron chi connectivity index (χ3n) is 5.20. The molecule has 0 aromatic carbocycles. The van der Waals surface area contributed by atoms with E-state index in [-0.39, 0.29) is 44.6 Å². The van der Waals surface area contributed by atoms with Crippen molar-refractivity contribution in [1.29, 1.82) is 0 Å². The molecule has 0 spiro atoms. The minimum absolute atomic E-state index is 0. The molecule has 4 atom stereocenters. The molecule has 0 amide bonds. The van der Waals surface area contributed by atoms with Crippen molar-refractivity contribution in [3.05, 3.63) is 41.6 Å². The molecule has 9 nitrogen and oxygen atoms in total. The standard InChI is InChI=1S/C13H20BrNO3S2.C12H18BrNO3S2.Li.H2O.2H2/c1-12(2,3)20(17)15-13(4,7-11(16)18-5)10-6-9(14)8-19-10;1-11(2,3)19(17)14-12(4,6-10(15)16)9-5-8(13)7-18-9;;;;/h6,8,15H,7H2,1-5H3;5,7,14H,6H2,1-4H3,(H,15,16);;1H2;2*1H/q;;+1;;;/p-1/t13-,20?;12-,19?;;;;/m00..../s1/i;;;;1+1D;. The molecule has 0 radical (unpaired) electrons. The fourth-order valence-corrected chi connectivity index (χ4v) is 7.95. The molecule has 2 unspecified atom stereocenters. The summed E-state index contributed by atoms with van der Waals surface area (Å²) in [7, 11) is -1.26. The topological polar surface area (TPSA) is 152 Å². The van der Waals surface area contributed by atoms with Crippen LogP contribution in [-0.4, -0.2) is 47.5 Å². The van der Waals surface area contributed by atoms with Crippen LogP contribution in [0.5, 0.6) is 0 Å². The van der Waals surface area contributed by atoms with E-state index in [1.807, 2.05) is 71.4 Å². The molecule has 16 heteroatoms. The summed E-state index contributed by atoms with van der Waals surface area (Å²) in [5, 5.41) is 12.9. The zero-order valence-electron chi connectivity index (χ0n) is 27.0. The third-order valence-corrected chi connectivity index (χ3v) is 12.6. The Hall–Kier alpha value is 0.0774. The van der Waals surface area contributed by atoms with E-state index in [1.165, 1.54) is 29.8 Å². The van der Waals surface area contributed by atoms with Crippen LogP contribution < -0.4 is 28.3 Å². The van der Waals surface area contributed by atoms with Crippen LogP contribution >= 0.6 is 54.5 Å². The molecule has 2 aromatic rings. The van der Waals surface area contributed by atoms with Gasteiger partial charge in [0.15, 0.2) is 0 Å². The first-order valence-electron chi connectivity index (χ1n) is 12.8. The molecular formula is C25H43Br2LiN2O7S4. The van der Waals surface area contributed by atoms with Crippen molar-refractivity contribution >= 4 is 88.4 Å². The van der Waals surface area contributed by atoms with Crippen molar-refractivity contribution < 1.29 is 56.6 Å². The Balaban J connectivity index is -0.000000323. The van der Waals surface area contributed by atoms with Crippen LogP contribution in [0.3, 0.4) is 0 Å². The summed E-state index contributed by atoms with van der Waals surface area (Å²) in [6, 6.07) is 3.79. The summed E-state index contributed by atoms with van der Waals surface area (Å²) in [5.74, 6) is -1.26. The molecule has 0 bridgehead atoms. The van der Waals surface area contributed by atoms with E-state index in [0.29, 0.717) is 0 Å². The second kappa shape index (κ2) is 17.5. The minimum atomic E-state index is -1.34. The van der Waals surface area contributed by atoms with Gasteiger partial charge in [0.05, 0.1) is 62.5 Å². The van der Waals surface area contributed by atoms with Gasteiger partial charge in [-0.25, -0.2) is 17.9 Å². The van der Waals surface area contributed by atoms with Gasteiger partial charge in [-0.2, -0.15) is 0 Å². The Kier molecular flexibility index (Phi) is 17.6. The van der Waals surface area contributed by atoms with E-state index in [2.05, 4.69) is 41.3 Å². The van der Waals surface area contributed by atoms with E-state index in [1.54, 1.807) is 6.92 Å². The van der Waals surface area contributed by atoms with E-state index < -0.39 is 48.5 Å². The average molecular weight is 781 g/mol. The van der Waals surface area contributed by atoms with Crippen LogP contribution in [0, 0.1) is 0 Å². The number of esters is 1. The van der Waals surface area contributed by atoms with Crippen LogP contribution in [-0.2, 0) is 47.4 Å². The Morgan fingerprint density at radius 3 is 1.49 bits per heavy atom. The number of methoxy groups -OCH3 is 1. The molecule has 4 N–H and O–H groups in total. The number of carboxylic acid groups (broad SMARTS) is 1. The van der Waals surface area contributed by atoms with Crippen molar-refractivity contribution in [2.45, 2.75) is 88.8 Å². The average Bonchev–Trinajstić information content (AvgIpc) is 3.48. The maximum absolute atomic E-state index is 12.4. The first-order chi connectivity index (χ1) is 18.6. The summed E-state index contributed by atoms with van der Waals surface area (Å²) >= 11 is 9.71. The first-order valence-corrected chi connectivity index (χ1v) is 17.4. The number of carbonyl (C=O) groups is 2. The number of ether oxygens (including phenoxy) is 1.